The largest absolute Gasteiger partial charge is 0.351 e. The predicted octanol–water partition coefficient (Wildman–Crippen LogP) is -0.858. The second-order valence-electron chi connectivity index (χ2n) is 3.46. The Bertz CT molecular complexity index is 501. The van der Waals surface area contributed by atoms with Crippen molar-refractivity contribution in [3.8, 4) is 0 Å². The minimum Gasteiger partial charge on any atom is -0.351 e. The average Bonchev–Trinajstić information content (AvgIpc) is 2.27. The molecule has 7 nitrogen and oxygen atoms in total. The van der Waals surface area contributed by atoms with Crippen molar-refractivity contribution < 1.29 is 13.2 Å². The third kappa shape index (κ3) is 4.79. The van der Waals surface area contributed by atoms with Gasteiger partial charge >= 0.3 is 0 Å². The summed E-state index contributed by atoms with van der Waals surface area (Å²) < 4.78 is 21.7. The summed E-state index contributed by atoms with van der Waals surface area (Å²) in [5.74, 6) is 5.05. The number of aromatic nitrogens is 1. The number of pyridine rings is 1. The Labute approximate surface area is 99.3 Å². The zero-order valence-corrected chi connectivity index (χ0v) is 10.1. The molecule has 0 atom stereocenters. The Balaban J connectivity index is 2.58. The molecule has 94 valence electrons. The number of carbonyl (C=O) groups excluding carboxylic acids is 1. The van der Waals surface area contributed by atoms with E-state index in [9.17, 15) is 13.2 Å². The summed E-state index contributed by atoms with van der Waals surface area (Å²) in [6.07, 6.45) is 2.54. The smallest absolute Gasteiger partial charge is 0.251 e. The number of nitrogens with two attached hydrogens (primary N) is 1. The highest BCUT2D eigenvalue weighted by Crippen LogP contribution is 2.04. The SMILES string of the molecule is CS(=O)(=O)CCNC(=O)c1ccnc(NN)c1. The highest BCUT2D eigenvalue weighted by atomic mass is 32.2. The van der Waals surface area contributed by atoms with Crippen molar-refractivity contribution >= 4 is 21.6 Å². The van der Waals surface area contributed by atoms with Crippen LogP contribution in [-0.2, 0) is 9.84 Å². The fourth-order valence-electron chi connectivity index (χ4n) is 1.10. The molecule has 0 spiro atoms. The summed E-state index contributed by atoms with van der Waals surface area (Å²) in [7, 11) is -3.07. The number of hydrogen-bond acceptors (Lipinski definition) is 6. The quantitative estimate of drug-likeness (QED) is 0.468. The van der Waals surface area contributed by atoms with Crippen molar-refractivity contribution in [2.75, 3.05) is 24.0 Å². The van der Waals surface area contributed by atoms with E-state index in [1.807, 2.05) is 0 Å². The normalized spacial score (nSPS) is 10.9. The molecule has 0 saturated heterocycles. The number of sulfone groups is 1. The van der Waals surface area contributed by atoms with E-state index < -0.39 is 9.84 Å². The third-order valence-corrected chi connectivity index (χ3v) is 2.87. The molecule has 1 rings (SSSR count). The molecule has 0 bridgehead atoms. The lowest BCUT2D eigenvalue weighted by Crippen LogP contribution is -2.28. The average molecular weight is 258 g/mol. The van der Waals surface area contributed by atoms with Gasteiger partial charge in [-0.05, 0) is 12.1 Å². The van der Waals surface area contributed by atoms with Gasteiger partial charge in [-0.1, -0.05) is 0 Å². The minimum absolute atomic E-state index is 0.0748. The van der Waals surface area contributed by atoms with Gasteiger partial charge in [-0.3, -0.25) is 4.79 Å². The molecule has 0 aliphatic heterocycles. The third-order valence-electron chi connectivity index (χ3n) is 1.93. The maximum absolute atomic E-state index is 11.6. The number of rotatable bonds is 5. The Morgan fingerprint density at radius 3 is 2.82 bits per heavy atom. The van der Waals surface area contributed by atoms with Gasteiger partial charge in [-0.2, -0.15) is 0 Å². The number of hydrogen-bond donors (Lipinski definition) is 3. The van der Waals surface area contributed by atoms with Crippen LogP contribution in [0.25, 0.3) is 0 Å². The lowest BCUT2D eigenvalue weighted by molar-refractivity contribution is 0.0956. The first-order valence-electron chi connectivity index (χ1n) is 4.81. The molecule has 1 aromatic heterocycles. The first kappa shape index (κ1) is 13.4. The molecule has 0 aliphatic carbocycles. The van der Waals surface area contributed by atoms with Gasteiger partial charge in [0.2, 0.25) is 0 Å². The van der Waals surface area contributed by atoms with E-state index in [2.05, 4.69) is 15.7 Å². The second-order valence-corrected chi connectivity index (χ2v) is 5.72. The van der Waals surface area contributed by atoms with E-state index in [0.29, 0.717) is 11.4 Å². The molecule has 0 radical (unpaired) electrons. The number of nitrogens with zero attached hydrogens (tertiary/aromatic N) is 1. The number of anilines is 1. The molecule has 1 heterocycles. The lowest BCUT2D eigenvalue weighted by atomic mass is 10.2. The topological polar surface area (TPSA) is 114 Å². The van der Waals surface area contributed by atoms with Gasteiger partial charge in [0.15, 0.2) is 0 Å². The van der Waals surface area contributed by atoms with Crippen molar-refractivity contribution in [2.24, 2.45) is 5.84 Å². The molecule has 17 heavy (non-hydrogen) atoms. The van der Waals surface area contributed by atoms with Crippen LogP contribution in [-0.4, -0.2) is 37.9 Å². The summed E-state index contributed by atoms with van der Waals surface area (Å²) >= 11 is 0. The van der Waals surface area contributed by atoms with Crippen LogP contribution in [0.5, 0.6) is 0 Å². The van der Waals surface area contributed by atoms with E-state index in [1.165, 1.54) is 18.3 Å². The molecular weight excluding hydrogens is 244 g/mol. The van der Waals surface area contributed by atoms with Crippen LogP contribution in [0.4, 0.5) is 5.82 Å². The van der Waals surface area contributed by atoms with Gasteiger partial charge < -0.3 is 10.7 Å². The fourth-order valence-corrected chi connectivity index (χ4v) is 1.58. The Morgan fingerprint density at radius 2 is 2.24 bits per heavy atom. The van der Waals surface area contributed by atoms with E-state index in [4.69, 9.17) is 5.84 Å². The Kier molecular flexibility index (Phi) is 4.41. The molecular formula is C9H14N4O3S. The van der Waals surface area contributed by atoms with Gasteiger partial charge in [-0.25, -0.2) is 19.2 Å². The van der Waals surface area contributed by atoms with Crippen LogP contribution < -0.4 is 16.6 Å². The second kappa shape index (κ2) is 5.60. The number of nitrogen functional groups attached to an aromatic ring is 1. The van der Waals surface area contributed by atoms with Crippen molar-refractivity contribution in [3.63, 3.8) is 0 Å². The molecule has 4 N–H and O–H groups in total. The van der Waals surface area contributed by atoms with Gasteiger partial charge in [0.05, 0.1) is 5.75 Å². The monoisotopic (exact) mass is 258 g/mol. The number of amides is 1. The zero-order chi connectivity index (χ0) is 12.9. The molecule has 1 aromatic rings. The maximum Gasteiger partial charge on any atom is 0.251 e. The first-order chi connectivity index (χ1) is 7.92. The van der Waals surface area contributed by atoms with Gasteiger partial charge in [0.25, 0.3) is 5.91 Å². The van der Waals surface area contributed by atoms with Gasteiger partial charge in [0.1, 0.15) is 15.7 Å². The lowest BCUT2D eigenvalue weighted by Gasteiger charge is -2.05. The van der Waals surface area contributed by atoms with Crippen LogP contribution >= 0.6 is 0 Å². The molecule has 0 aliphatic rings. The highest BCUT2D eigenvalue weighted by molar-refractivity contribution is 7.90. The summed E-state index contributed by atoms with van der Waals surface area (Å²) in [4.78, 5) is 15.4. The molecule has 0 aromatic carbocycles. The molecule has 0 fully saturated rings. The van der Waals surface area contributed by atoms with E-state index in [-0.39, 0.29) is 18.2 Å². The van der Waals surface area contributed by atoms with Crippen LogP contribution in [0.15, 0.2) is 18.3 Å². The van der Waals surface area contributed by atoms with Crippen LogP contribution in [0.3, 0.4) is 0 Å². The molecule has 8 heteroatoms. The summed E-state index contributed by atoms with van der Waals surface area (Å²) in [5.41, 5.74) is 2.68. The standard InChI is InChI=1S/C9H14N4O3S/c1-17(15,16)5-4-12-9(14)7-2-3-11-8(6-7)13-10/h2-3,6H,4-5,10H2,1H3,(H,11,13)(H,12,14). The van der Waals surface area contributed by atoms with Gasteiger partial charge in [0, 0.05) is 24.6 Å². The van der Waals surface area contributed by atoms with E-state index in [0.717, 1.165) is 6.26 Å². The zero-order valence-electron chi connectivity index (χ0n) is 9.30. The Morgan fingerprint density at radius 1 is 1.53 bits per heavy atom. The molecule has 0 saturated carbocycles. The van der Waals surface area contributed by atoms with Crippen molar-refractivity contribution in [3.05, 3.63) is 23.9 Å². The highest BCUT2D eigenvalue weighted by Gasteiger charge is 2.08. The van der Waals surface area contributed by atoms with E-state index >= 15 is 0 Å². The maximum atomic E-state index is 11.6. The van der Waals surface area contributed by atoms with E-state index in [1.54, 1.807) is 0 Å². The van der Waals surface area contributed by atoms with Crippen LogP contribution in [0.1, 0.15) is 10.4 Å². The predicted molar refractivity (Wildman–Crippen MR) is 64.1 cm³/mol. The van der Waals surface area contributed by atoms with Crippen molar-refractivity contribution in [1.29, 1.82) is 0 Å². The summed E-state index contributed by atoms with van der Waals surface area (Å²) in [6, 6.07) is 2.98. The first-order valence-corrected chi connectivity index (χ1v) is 6.87. The van der Waals surface area contributed by atoms with Crippen LogP contribution in [0, 0.1) is 0 Å². The summed E-state index contributed by atoms with van der Waals surface area (Å²) in [6.45, 7) is 0.0748. The Hall–Kier alpha value is -1.67. The fraction of sp³-hybridized carbons (Fsp3) is 0.333. The summed E-state index contributed by atoms with van der Waals surface area (Å²) in [5, 5.41) is 2.49. The van der Waals surface area contributed by atoms with Gasteiger partial charge in [-0.15, -0.1) is 0 Å². The number of nitrogens with one attached hydrogen (secondary N) is 2. The van der Waals surface area contributed by atoms with Crippen molar-refractivity contribution in [1.82, 2.24) is 10.3 Å². The van der Waals surface area contributed by atoms with Crippen LogP contribution in [0.2, 0.25) is 0 Å². The molecule has 0 unspecified atom stereocenters. The minimum atomic E-state index is -3.07. The molecule has 1 amide bonds. The number of carbonyl (C=O) groups is 1. The van der Waals surface area contributed by atoms with Crippen molar-refractivity contribution in [2.45, 2.75) is 0 Å². The number of hydrazine groups is 1.